The molecule has 0 bridgehead atoms. The molecule has 4 nitrogen and oxygen atoms in total. The second-order valence-electron chi connectivity index (χ2n) is 7.33. The molecule has 3 aromatic rings. The van der Waals surface area contributed by atoms with Crippen molar-refractivity contribution >= 4 is 16.9 Å². The number of amides is 1. The Hall–Kier alpha value is -2.88. The number of hydrogen-bond donors (Lipinski definition) is 1. The Kier molecular flexibility index (Phi) is 3.72. The van der Waals surface area contributed by atoms with E-state index in [-0.39, 0.29) is 17.1 Å². The van der Waals surface area contributed by atoms with Crippen LogP contribution in [0.2, 0.25) is 0 Å². The van der Waals surface area contributed by atoms with Crippen LogP contribution in [0.15, 0.2) is 45.6 Å². The maximum atomic E-state index is 13.1. The van der Waals surface area contributed by atoms with E-state index in [1.165, 1.54) is 5.56 Å². The lowest BCUT2D eigenvalue weighted by molar-refractivity contribution is 0.0938. The molecule has 0 spiro atoms. The van der Waals surface area contributed by atoms with Crippen LogP contribution in [-0.4, -0.2) is 5.91 Å². The average Bonchev–Trinajstić information content (AvgIpc) is 2.94. The second-order valence-corrected chi connectivity index (χ2v) is 7.33. The third kappa shape index (κ3) is 2.45. The van der Waals surface area contributed by atoms with Gasteiger partial charge >= 0.3 is 0 Å². The number of carbonyl (C=O) groups excluding carboxylic acids is 1. The topological polar surface area (TPSA) is 59.3 Å². The largest absolute Gasteiger partial charge is 0.450 e. The standard InChI is InChI=1S/C22H21NO3/c1-11(2)14-5-7-15(8-6-14)19-18-20(24)16-9-12(3)13(4)10-17(16)26-21(18)22(25)23-19/h5-11,19H,1-4H3,(H,23,25). The Labute approximate surface area is 151 Å². The summed E-state index contributed by atoms with van der Waals surface area (Å²) in [6, 6.07) is 11.2. The minimum Gasteiger partial charge on any atom is -0.450 e. The van der Waals surface area contributed by atoms with E-state index in [0.29, 0.717) is 22.5 Å². The summed E-state index contributed by atoms with van der Waals surface area (Å²) in [7, 11) is 0. The third-order valence-corrected chi connectivity index (χ3v) is 5.25. The van der Waals surface area contributed by atoms with Crippen molar-refractivity contribution in [2.75, 3.05) is 0 Å². The Morgan fingerprint density at radius 3 is 2.31 bits per heavy atom. The van der Waals surface area contributed by atoms with Crippen molar-refractivity contribution in [3.63, 3.8) is 0 Å². The zero-order valence-corrected chi connectivity index (χ0v) is 15.3. The van der Waals surface area contributed by atoms with E-state index >= 15 is 0 Å². The van der Waals surface area contributed by atoms with Crippen LogP contribution in [0.25, 0.3) is 11.0 Å². The van der Waals surface area contributed by atoms with Crippen molar-refractivity contribution in [3.05, 3.63) is 80.2 Å². The summed E-state index contributed by atoms with van der Waals surface area (Å²) in [5.41, 5.74) is 4.89. The predicted octanol–water partition coefficient (Wildman–Crippen LogP) is 4.37. The molecular weight excluding hydrogens is 326 g/mol. The monoisotopic (exact) mass is 347 g/mol. The predicted molar refractivity (Wildman–Crippen MR) is 102 cm³/mol. The Morgan fingerprint density at radius 1 is 1.00 bits per heavy atom. The highest BCUT2D eigenvalue weighted by Crippen LogP contribution is 2.32. The van der Waals surface area contributed by atoms with Crippen LogP contribution in [0.5, 0.6) is 0 Å². The second kappa shape index (κ2) is 5.84. The summed E-state index contributed by atoms with van der Waals surface area (Å²) in [5, 5.41) is 3.42. The van der Waals surface area contributed by atoms with E-state index in [4.69, 9.17) is 4.42 Å². The molecule has 26 heavy (non-hydrogen) atoms. The van der Waals surface area contributed by atoms with Gasteiger partial charge in [0.2, 0.25) is 5.76 Å². The van der Waals surface area contributed by atoms with Crippen LogP contribution in [0.4, 0.5) is 0 Å². The van der Waals surface area contributed by atoms with Crippen molar-refractivity contribution in [2.24, 2.45) is 0 Å². The Bertz CT molecular complexity index is 1090. The Balaban J connectivity index is 1.91. The number of nitrogens with one attached hydrogen (secondary N) is 1. The zero-order valence-electron chi connectivity index (χ0n) is 15.3. The summed E-state index contributed by atoms with van der Waals surface area (Å²) in [6.45, 7) is 8.19. The first-order chi connectivity index (χ1) is 12.4. The molecule has 1 atom stereocenters. The number of fused-ring (bicyclic) bond motifs is 2. The van der Waals surface area contributed by atoms with Crippen LogP contribution in [0.3, 0.4) is 0 Å². The number of rotatable bonds is 2. The first-order valence-corrected chi connectivity index (χ1v) is 8.85. The van der Waals surface area contributed by atoms with Crippen LogP contribution in [-0.2, 0) is 0 Å². The van der Waals surface area contributed by atoms with E-state index in [0.717, 1.165) is 16.7 Å². The molecule has 2 aromatic carbocycles. The van der Waals surface area contributed by atoms with Crippen molar-refractivity contribution in [3.8, 4) is 0 Å². The lowest BCUT2D eigenvalue weighted by Crippen LogP contribution is -2.22. The minimum atomic E-state index is -0.471. The van der Waals surface area contributed by atoms with Crippen molar-refractivity contribution in [1.29, 1.82) is 0 Å². The van der Waals surface area contributed by atoms with E-state index in [9.17, 15) is 9.59 Å². The van der Waals surface area contributed by atoms with Crippen LogP contribution < -0.4 is 10.7 Å². The van der Waals surface area contributed by atoms with Gasteiger partial charge in [-0.1, -0.05) is 38.1 Å². The van der Waals surface area contributed by atoms with Gasteiger partial charge in [0.15, 0.2) is 5.43 Å². The van der Waals surface area contributed by atoms with Gasteiger partial charge in [-0.15, -0.1) is 0 Å². The minimum absolute atomic E-state index is 0.128. The van der Waals surface area contributed by atoms with Gasteiger partial charge in [0.05, 0.1) is 17.0 Å². The smallest absolute Gasteiger partial charge is 0.288 e. The quantitative estimate of drug-likeness (QED) is 0.749. The summed E-state index contributed by atoms with van der Waals surface area (Å²) in [4.78, 5) is 25.6. The molecule has 1 aliphatic rings. The van der Waals surface area contributed by atoms with Crippen LogP contribution in [0.1, 0.15) is 64.2 Å². The summed E-state index contributed by atoms with van der Waals surface area (Å²) < 4.78 is 5.83. The van der Waals surface area contributed by atoms with Gasteiger partial charge in [0, 0.05) is 0 Å². The molecule has 0 fully saturated rings. The summed E-state index contributed by atoms with van der Waals surface area (Å²) in [5.74, 6) is 0.216. The number of benzene rings is 2. The highest BCUT2D eigenvalue weighted by molar-refractivity contribution is 5.99. The first-order valence-electron chi connectivity index (χ1n) is 8.85. The first kappa shape index (κ1) is 16.6. The molecule has 1 amide bonds. The van der Waals surface area contributed by atoms with Crippen LogP contribution >= 0.6 is 0 Å². The van der Waals surface area contributed by atoms with E-state index in [1.54, 1.807) is 0 Å². The van der Waals surface area contributed by atoms with Gasteiger partial charge in [-0.05, 0) is 54.2 Å². The average molecular weight is 347 g/mol. The molecule has 0 radical (unpaired) electrons. The normalized spacial score (nSPS) is 16.2. The van der Waals surface area contributed by atoms with E-state index in [1.807, 2.05) is 50.2 Å². The SMILES string of the molecule is Cc1cc2oc3c(c(=O)c2cc1C)C(c1ccc(C(C)C)cc1)NC3=O. The fourth-order valence-corrected chi connectivity index (χ4v) is 3.49. The van der Waals surface area contributed by atoms with E-state index in [2.05, 4.69) is 19.2 Å². The zero-order chi connectivity index (χ0) is 18.6. The Morgan fingerprint density at radius 2 is 1.65 bits per heavy atom. The number of carbonyl (C=O) groups is 1. The summed E-state index contributed by atoms with van der Waals surface area (Å²) >= 11 is 0. The highest BCUT2D eigenvalue weighted by Gasteiger charge is 2.35. The van der Waals surface area contributed by atoms with Crippen molar-refractivity contribution < 1.29 is 9.21 Å². The maximum absolute atomic E-state index is 13.1. The molecule has 0 saturated heterocycles. The molecule has 1 unspecified atom stereocenters. The number of aryl methyl sites for hydroxylation is 2. The molecule has 0 saturated carbocycles. The molecule has 1 aliphatic heterocycles. The lowest BCUT2D eigenvalue weighted by atomic mass is 9.95. The van der Waals surface area contributed by atoms with Crippen molar-refractivity contribution in [2.45, 2.75) is 39.7 Å². The molecular formula is C22H21NO3. The number of hydrogen-bond acceptors (Lipinski definition) is 3. The maximum Gasteiger partial charge on any atom is 0.288 e. The molecule has 4 heteroatoms. The van der Waals surface area contributed by atoms with Crippen molar-refractivity contribution in [1.82, 2.24) is 5.32 Å². The fourth-order valence-electron chi connectivity index (χ4n) is 3.49. The lowest BCUT2D eigenvalue weighted by Gasteiger charge is -2.13. The molecule has 0 aliphatic carbocycles. The molecule has 132 valence electrons. The van der Waals surface area contributed by atoms with E-state index < -0.39 is 6.04 Å². The molecule has 1 aromatic heterocycles. The van der Waals surface area contributed by atoms with Gasteiger partial charge < -0.3 is 9.73 Å². The highest BCUT2D eigenvalue weighted by atomic mass is 16.3. The van der Waals surface area contributed by atoms with Crippen LogP contribution in [0, 0.1) is 13.8 Å². The third-order valence-electron chi connectivity index (χ3n) is 5.25. The van der Waals surface area contributed by atoms with Gasteiger partial charge in [-0.2, -0.15) is 0 Å². The van der Waals surface area contributed by atoms with Gasteiger partial charge in [-0.25, -0.2) is 0 Å². The van der Waals surface area contributed by atoms with Gasteiger partial charge in [-0.3, -0.25) is 9.59 Å². The molecule has 4 rings (SSSR count). The van der Waals surface area contributed by atoms with Gasteiger partial charge in [0.25, 0.3) is 5.91 Å². The fraction of sp³-hybridized carbons (Fsp3) is 0.273. The summed E-state index contributed by atoms with van der Waals surface area (Å²) in [6.07, 6.45) is 0. The molecule has 2 heterocycles. The molecule has 1 N–H and O–H groups in total. The van der Waals surface area contributed by atoms with Gasteiger partial charge in [0.1, 0.15) is 5.58 Å².